The third-order valence-electron chi connectivity index (χ3n) is 6.48. The average Bonchev–Trinajstić information content (AvgIpc) is 3.17. The molecule has 3 atom stereocenters. The van der Waals surface area contributed by atoms with E-state index in [-0.39, 0.29) is 23.8 Å². The zero-order valence-electron chi connectivity index (χ0n) is 15.5. The molecular formula is C20H27N3O3. The Balaban J connectivity index is 1.57. The molecule has 1 aliphatic carbocycles. The fourth-order valence-corrected chi connectivity index (χ4v) is 4.85. The van der Waals surface area contributed by atoms with Gasteiger partial charge >= 0.3 is 0 Å². The Labute approximate surface area is 154 Å². The van der Waals surface area contributed by atoms with E-state index in [0.29, 0.717) is 25.6 Å². The van der Waals surface area contributed by atoms with Crippen LogP contribution in [0.2, 0.25) is 0 Å². The van der Waals surface area contributed by atoms with Crippen molar-refractivity contribution >= 4 is 11.8 Å². The van der Waals surface area contributed by atoms with Gasteiger partial charge < -0.3 is 20.3 Å². The van der Waals surface area contributed by atoms with Gasteiger partial charge in [-0.3, -0.25) is 9.59 Å². The second-order valence-electron chi connectivity index (χ2n) is 8.03. The maximum atomic E-state index is 12.8. The molecule has 0 unspecified atom stereocenters. The van der Waals surface area contributed by atoms with Crippen LogP contribution >= 0.6 is 0 Å². The molecule has 4 rings (SSSR count). The number of benzene rings is 1. The smallest absolute Gasteiger partial charge is 0.242 e. The van der Waals surface area contributed by atoms with Crippen LogP contribution in [0.15, 0.2) is 24.3 Å². The SMILES string of the molecule is COc1ccc([C@H]2[C@@H]3CN(C(=O)C4(N)CCC4)C[C@@H]3CN2C(C)=O)cc1. The third-order valence-corrected chi connectivity index (χ3v) is 6.48. The molecule has 140 valence electrons. The van der Waals surface area contributed by atoms with Crippen LogP contribution in [0.3, 0.4) is 0 Å². The van der Waals surface area contributed by atoms with Gasteiger partial charge in [0.1, 0.15) is 5.75 Å². The lowest BCUT2D eigenvalue weighted by Gasteiger charge is -2.40. The average molecular weight is 357 g/mol. The summed E-state index contributed by atoms with van der Waals surface area (Å²) in [6, 6.07) is 7.94. The van der Waals surface area contributed by atoms with Crippen molar-refractivity contribution in [3.05, 3.63) is 29.8 Å². The molecule has 2 amide bonds. The predicted octanol–water partition coefficient (Wildman–Crippen LogP) is 1.55. The number of methoxy groups -OCH3 is 1. The maximum absolute atomic E-state index is 12.8. The van der Waals surface area contributed by atoms with Crippen LogP contribution in [0.1, 0.15) is 37.8 Å². The summed E-state index contributed by atoms with van der Waals surface area (Å²) in [4.78, 5) is 28.9. The van der Waals surface area contributed by atoms with Gasteiger partial charge in [0, 0.05) is 38.4 Å². The van der Waals surface area contributed by atoms with E-state index >= 15 is 0 Å². The molecule has 26 heavy (non-hydrogen) atoms. The van der Waals surface area contributed by atoms with Gasteiger partial charge in [0.2, 0.25) is 11.8 Å². The van der Waals surface area contributed by atoms with E-state index in [1.165, 1.54) is 0 Å². The van der Waals surface area contributed by atoms with E-state index in [2.05, 4.69) is 0 Å². The van der Waals surface area contributed by atoms with Gasteiger partial charge in [-0.05, 0) is 37.0 Å². The maximum Gasteiger partial charge on any atom is 0.242 e. The summed E-state index contributed by atoms with van der Waals surface area (Å²) in [5.41, 5.74) is 6.72. The van der Waals surface area contributed by atoms with Gasteiger partial charge in [-0.25, -0.2) is 0 Å². The molecule has 1 aromatic carbocycles. The van der Waals surface area contributed by atoms with Gasteiger partial charge in [-0.15, -0.1) is 0 Å². The number of nitrogens with two attached hydrogens (primary N) is 1. The van der Waals surface area contributed by atoms with Crippen LogP contribution in [-0.2, 0) is 9.59 Å². The van der Waals surface area contributed by atoms with Gasteiger partial charge in [-0.1, -0.05) is 12.1 Å². The highest BCUT2D eigenvalue weighted by Gasteiger charge is 2.52. The standard InChI is InChI=1S/C20H27N3O3/c1-13(24)23-11-15-10-22(19(25)20(21)8-3-9-20)12-17(15)18(23)14-4-6-16(26-2)7-5-14/h4-7,15,17-18H,3,8-12,21H2,1-2H3/t15-,17-,18+/m1/s1. The van der Waals surface area contributed by atoms with Crippen molar-refractivity contribution in [1.29, 1.82) is 0 Å². The van der Waals surface area contributed by atoms with E-state index in [4.69, 9.17) is 10.5 Å². The summed E-state index contributed by atoms with van der Waals surface area (Å²) in [5, 5.41) is 0. The van der Waals surface area contributed by atoms with E-state index < -0.39 is 5.54 Å². The Morgan fingerprint density at radius 3 is 2.38 bits per heavy atom. The molecule has 0 radical (unpaired) electrons. The summed E-state index contributed by atoms with van der Waals surface area (Å²) in [5.74, 6) is 1.57. The van der Waals surface area contributed by atoms with E-state index in [9.17, 15) is 9.59 Å². The number of fused-ring (bicyclic) bond motifs is 1. The molecule has 1 saturated carbocycles. The zero-order valence-corrected chi connectivity index (χ0v) is 15.5. The monoisotopic (exact) mass is 357 g/mol. The number of carbonyl (C=O) groups is 2. The molecule has 3 fully saturated rings. The summed E-state index contributed by atoms with van der Waals surface area (Å²) in [6.07, 6.45) is 2.62. The number of hydrogen-bond acceptors (Lipinski definition) is 4. The van der Waals surface area contributed by atoms with Gasteiger partial charge in [0.05, 0.1) is 18.7 Å². The Morgan fingerprint density at radius 2 is 1.85 bits per heavy atom. The molecule has 0 spiro atoms. The molecule has 2 heterocycles. The third kappa shape index (κ3) is 2.67. The topological polar surface area (TPSA) is 75.9 Å². The van der Waals surface area contributed by atoms with Crippen molar-refractivity contribution in [2.45, 2.75) is 37.8 Å². The van der Waals surface area contributed by atoms with E-state index in [0.717, 1.165) is 30.6 Å². The Hall–Kier alpha value is -2.08. The predicted molar refractivity (Wildman–Crippen MR) is 97.5 cm³/mol. The molecule has 3 aliphatic rings. The van der Waals surface area contributed by atoms with Crippen molar-refractivity contribution in [2.75, 3.05) is 26.7 Å². The number of amides is 2. The van der Waals surface area contributed by atoms with Gasteiger partial charge in [-0.2, -0.15) is 0 Å². The Morgan fingerprint density at radius 1 is 1.15 bits per heavy atom. The van der Waals surface area contributed by atoms with Crippen molar-refractivity contribution in [1.82, 2.24) is 9.80 Å². The fourth-order valence-electron chi connectivity index (χ4n) is 4.85. The molecule has 2 saturated heterocycles. The Bertz CT molecular complexity index is 714. The normalized spacial score (nSPS) is 29.3. The minimum atomic E-state index is -0.644. The summed E-state index contributed by atoms with van der Waals surface area (Å²) in [7, 11) is 1.64. The number of rotatable bonds is 3. The Kier molecular flexibility index (Phi) is 4.18. The first-order chi connectivity index (χ1) is 12.4. The van der Waals surface area contributed by atoms with Crippen molar-refractivity contribution < 1.29 is 14.3 Å². The molecule has 6 heteroatoms. The summed E-state index contributed by atoms with van der Waals surface area (Å²) >= 11 is 0. The first-order valence-electron chi connectivity index (χ1n) is 9.42. The van der Waals surface area contributed by atoms with Crippen LogP contribution in [0.4, 0.5) is 0 Å². The second-order valence-corrected chi connectivity index (χ2v) is 8.03. The molecule has 0 aromatic heterocycles. The van der Waals surface area contributed by atoms with E-state index in [1.54, 1.807) is 14.0 Å². The first-order valence-corrected chi connectivity index (χ1v) is 9.42. The van der Waals surface area contributed by atoms with Crippen molar-refractivity contribution in [3.8, 4) is 5.75 Å². The summed E-state index contributed by atoms with van der Waals surface area (Å²) in [6.45, 7) is 3.73. The van der Waals surface area contributed by atoms with Crippen LogP contribution in [0.25, 0.3) is 0 Å². The number of ether oxygens (including phenoxy) is 1. The largest absolute Gasteiger partial charge is 0.497 e. The van der Waals surface area contributed by atoms with Crippen molar-refractivity contribution in [2.24, 2.45) is 17.6 Å². The fraction of sp³-hybridized carbons (Fsp3) is 0.600. The highest BCUT2D eigenvalue weighted by molar-refractivity contribution is 5.87. The van der Waals surface area contributed by atoms with E-state index in [1.807, 2.05) is 34.1 Å². The number of carbonyl (C=O) groups excluding carboxylic acids is 2. The summed E-state index contributed by atoms with van der Waals surface area (Å²) < 4.78 is 5.25. The van der Waals surface area contributed by atoms with Crippen LogP contribution < -0.4 is 10.5 Å². The highest BCUT2D eigenvalue weighted by Crippen LogP contribution is 2.46. The number of hydrogen-bond donors (Lipinski definition) is 1. The molecule has 1 aromatic rings. The highest BCUT2D eigenvalue weighted by atomic mass is 16.5. The minimum absolute atomic E-state index is 0.0105. The molecular weight excluding hydrogens is 330 g/mol. The first kappa shape index (κ1) is 17.3. The lowest BCUT2D eigenvalue weighted by molar-refractivity contribution is -0.139. The number of likely N-dealkylation sites (tertiary alicyclic amines) is 2. The lowest BCUT2D eigenvalue weighted by atomic mass is 9.76. The quantitative estimate of drug-likeness (QED) is 0.891. The molecule has 0 bridgehead atoms. The van der Waals surface area contributed by atoms with Gasteiger partial charge in [0.15, 0.2) is 0 Å². The van der Waals surface area contributed by atoms with Crippen LogP contribution in [0, 0.1) is 11.8 Å². The van der Waals surface area contributed by atoms with Crippen LogP contribution in [-0.4, -0.2) is 53.9 Å². The molecule has 2 N–H and O–H groups in total. The van der Waals surface area contributed by atoms with Crippen LogP contribution in [0.5, 0.6) is 5.75 Å². The minimum Gasteiger partial charge on any atom is -0.497 e. The molecule has 6 nitrogen and oxygen atoms in total. The molecule has 2 aliphatic heterocycles. The zero-order chi connectivity index (χ0) is 18.5. The van der Waals surface area contributed by atoms with Crippen molar-refractivity contribution in [3.63, 3.8) is 0 Å². The second kappa shape index (κ2) is 6.27. The van der Waals surface area contributed by atoms with Gasteiger partial charge in [0.25, 0.3) is 0 Å². The number of nitrogens with zero attached hydrogens (tertiary/aromatic N) is 2. The lowest BCUT2D eigenvalue weighted by Crippen LogP contribution is -2.59.